The molecule has 0 aromatic rings. The van der Waals surface area contributed by atoms with Gasteiger partial charge in [0.05, 0.1) is 5.88 Å². The summed E-state index contributed by atoms with van der Waals surface area (Å²) in [4.78, 5) is 24.3. The molecular formula is C9H13F3N2O3S. The molecule has 1 saturated heterocycles. The van der Waals surface area contributed by atoms with E-state index in [1.165, 1.54) is 18.7 Å². The standard InChI is InChI=1S/C9H13F3N2O3S/c1-2-13(4-9(10,11)12)8(17)14-5-18-3-6(14)7(15)16/h6H,2-5H2,1H3,(H,15,16). The van der Waals surface area contributed by atoms with E-state index < -0.39 is 30.8 Å². The molecule has 0 aliphatic carbocycles. The second-order valence-electron chi connectivity index (χ2n) is 3.74. The number of carbonyl (C=O) groups is 2. The molecule has 2 amide bonds. The zero-order chi connectivity index (χ0) is 13.9. The molecule has 1 heterocycles. The number of hydrogen-bond acceptors (Lipinski definition) is 3. The maximum atomic E-state index is 12.3. The third-order valence-corrected chi connectivity index (χ3v) is 3.45. The molecule has 1 aliphatic rings. The summed E-state index contributed by atoms with van der Waals surface area (Å²) in [5.74, 6) is -0.897. The van der Waals surface area contributed by atoms with Crippen LogP contribution in [0.1, 0.15) is 6.92 Å². The highest BCUT2D eigenvalue weighted by Gasteiger charge is 2.39. The van der Waals surface area contributed by atoms with E-state index in [0.717, 1.165) is 4.90 Å². The van der Waals surface area contributed by atoms with Crippen molar-refractivity contribution in [3.05, 3.63) is 0 Å². The van der Waals surface area contributed by atoms with E-state index in [9.17, 15) is 22.8 Å². The molecule has 0 aromatic carbocycles. The minimum absolute atomic E-state index is 0.101. The summed E-state index contributed by atoms with van der Waals surface area (Å²) >= 11 is 1.21. The van der Waals surface area contributed by atoms with E-state index in [2.05, 4.69) is 0 Å². The Balaban J connectivity index is 2.74. The van der Waals surface area contributed by atoms with Gasteiger partial charge in [-0.25, -0.2) is 9.59 Å². The molecule has 0 aromatic heterocycles. The maximum Gasteiger partial charge on any atom is 0.406 e. The first kappa shape index (κ1) is 14.9. The number of carboxylic acids is 1. The van der Waals surface area contributed by atoms with Gasteiger partial charge in [0.1, 0.15) is 12.6 Å². The summed E-state index contributed by atoms with van der Waals surface area (Å²) in [7, 11) is 0. The lowest BCUT2D eigenvalue weighted by Crippen LogP contribution is -2.50. The fraction of sp³-hybridized carbons (Fsp3) is 0.778. The Labute approximate surface area is 106 Å². The number of aliphatic carboxylic acids is 1. The Bertz CT molecular complexity index is 338. The number of nitrogens with zero attached hydrogens (tertiary/aromatic N) is 2. The molecule has 0 spiro atoms. The van der Waals surface area contributed by atoms with Crippen LogP contribution in [0.25, 0.3) is 0 Å². The molecule has 0 bridgehead atoms. The molecular weight excluding hydrogens is 273 g/mol. The van der Waals surface area contributed by atoms with Crippen molar-refractivity contribution in [3.8, 4) is 0 Å². The molecule has 1 atom stereocenters. The predicted octanol–water partition coefficient (Wildman–Crippen LogP) is 1.45. The normalized spacial score (nSPS) is 20.0. The Morgan fingerprint density at radius 2 is 2.11 bits per heavy atom. The average Bonchev–Trinajstić information content (AvgIpc) is 2.72. The van der Waals surface area contributed by atoms with E-state index in [4.69, 9.17) is 5.11 Å². The third kappa shape index (κ3) is 3.69. The van der Waals surface area contributed by atoms with Gasteiger partial charge in [0.15, 0.2) is 0 Å². The van der Waals surface area contributed by atoms with Gasteiger partial charge in [0.2, 0.25) is 0 Å². The summed E-state index contributed by atoms with van der Waals surface area (Å²) in [6.45, 7) is -0.0652. The molecule has 9 heteroatoms. The van der Waals surface area contributed by atoms with Crippen molar-refractivity contribution >= 4 is 23.8 Å². The quantitative estimate of drug-likeness (QED) is 0.853. The second kappa shape index (κ2) is 5.68. The number of amides is 2. The Hall–Kier alpha value is -1.12. The van der Waals surface area contributed by atoms with Gasteiger partial charge in [-0.2, -0.15) is 13.2 Å². The lowest BCUT2D eigenvalue weighted by molar-refractivity contribution is -0.143. The minimum atomic E-state index is -4.49. The lowest BCUT2D eigenvalue weighted by Gasteiger charge is -2.29. The van der Waals surface area contributed by atoms with Gasteiger partial charge >= 0.3 is 18.2 Å². The number of carboxylic acid groups (broad SMARTS) is 1. The van der Waals surface area contributed by atoms with Crippen LogP contribution in [0.5, 0.6) is 0 Å². The molecule has 0 radical (unpaired) electrons. The van der Waals surface area contributed by atoms with Crippen LogP contribution in [0.15, 0.2) is 0 Å². The number of rotatable bonds is 3. The van der Waals surface area contributed by atoms with Crippen LogP contribution >= 0.6 is 11.8 Å². The molecule has 1 fully saturated rings. The van der Waals surface area contributed by atoms with Crippen molar-refractivity contribution in [2.24, 2.45) is 0 Å². The predicted molar refractivity (Wildman–Crippen MR) is 59.3 cm³/mol. The summed E-state index contributed by atoms with van der Waals surface area (Å²) in [6.07, 6.45) is -4.49. The number of thioether (sulfide) groups is 1. The first-order chi connectivity index (χ1) is 8.26. The average molecular weight is 286 g/mol. The van der Waals surface area contributed by atoms with Crippen molar-refractivity contribution in [1.82, 2.24) is 9.80 Å². The number of alkyl halides is 3. The van der Waals surface area contributed by atoms with Crippen LogP contribution in [0, 0.1) is 0 Å². The van der Waals surface area contributed by atoms with Gasteiger partial charge < -0.3 is 14.9 Å². The van der Waals surface area contributed by atoms with Crippen LogP contribution in [0.4, 0.5) is 18.0 Å². The van der Waals surface area contributed by atoms with E-state index in [1.54, 1.807) is 0 Å². The molecule has 18 heavy (non-hydrogen) atoms. The van der Waals surface area contributed by atoms with Crippen LogP contribution in [0.3, 0.4) is 0 Å². The first-order valence-corrected chi connectivity index (χ1v) is 6.34. The number of halogens is 3. The van der Waals surface area contributed by atoms with Gasteiger partial charge in [-0.15, -0.1) is 11.8 Å². The topological polar surface area (TPSA) is 60.9 Å². The van der Waals surface area contributed by atoms with Gasteiger partial charge in [-0.1, -0.05) is 0 Å². The Morgan fingerprint density at radius 1 is 1.50 bits per heavy atom. The summed E-state index contributed by atoms with van der Waals surface area (Å²) in [5, 5.41) is 8.87. The SMILES string of the molecule is CCN(CC(F)(F)F)C(=O)N1CSCC1C(=O)O. The molecule has 1 unspecified atom stereocenters. The highest BCUT2D eigenvalue weighted by molar-refractivity contribution is 7.99. The Morgan fingerprint density at radius 3 is 2.56 bits per heavy atom. The van der Waals surface area contributed by atoms with E-state index in [-0.39, 0.29) is 18.2 Å². The fourth-order valence-electron chi connectivity index (χ4n) is 1.55. The highest BCUT2D eigenvalue weighted by Crippen LogP contribution is 2.24. The molecule has 1 N–H and O–H groups in total. The number of carbonyl (C=O) groups excluding carboxylic acids is 1. The molecule has 104 valence electrons. The van der Waals surface area contributed by atoms with Crippen LogP contribution < -0.4 is 0 Å². The third-order valence-electron chi connectivity index (χ3n) is 2.44. The molecule has 1 rings (SSSR count). The van der Waals surface area contributed by atoms with E-state index in [1.807, 2.05) is 0 Å². The van der Waals surface area contributed by atoms with Crippen LogP contribution in [-0.2, 0) is 4.79 Å². The van der Waals surface area contributed by atoms with Crippen LogP contribution in [0.2, 0.25) is 0 Å². The zero-order valence-corrected chi connectivity index (χ0v) is 10.4. The number of hydrogen-bond donors (Lipinski definition) is 1. The van der Waals surface area contributed by atoms with Crippen molar-refractivity contribution in [2.75, 3.05) is 24.7 Å². The van der Waals surface area contributed by atoms with Gasteiger partial charge in [-0.05, 0) is 6.92 Å². The van der Waals surface area contributed by atoms with Crippen LogP contribution in [-0.4, -0.2) is 63.8 Å². The molecule has 5 nitrogen and oxygen atoms in total. The van der Waals surface area contributed by atoms with Crippen molar-refractivity contribution in [3.63, 3.8) is 0 Å². The van der Waals surface area contributed by atoms with Crippen molar-refractivity contribution in [2.45, 2.75) is 19.1 Å². The molecule has 1 aliphatic heterocycles. The largest absolute Gasteiger partial charge is 0.480 e. The zero-order valence-electron chi connectivity index (χ0n) is 9.61. The van der Waals surface area contributed by atoms with E-state index >= 15 is 0 Å². The van der Waals surface area contributed by atoms with Crippen molar-refractivity contribution < 1.29 is 27.9 Å². The lowest BCUT2D eigenvalue weighted by atomic mass is 10.3. The summed E-state index contributed by atoms with van der Waals surface area (Å²) in [6, 6.07) is -1.93. The fourth-order valence-corrected chi connectivity index (χ4v) is 2.69. The summed E-state index contributed by atoms with van der Waals surface area (Å²) < 4.78 is 36.8. The minimum Gasteiger partial charge on any atom is -0.480 e. The maximum absolute atomic E-state index is 12.3. The highest BCUT2D eigenvalue weighted by atomic mass is 32.2. The smallest absolute Gasteiger partial charge is 0.406 e. The van der Waals surface area contributed by atoms with Gasteiger partial charge in [0, 0.05) is 12.3 Å². The first-order valence-electron chi connectivity index (χ1n) is 5.19. The van der Waals surface area contributed by atoms with Gasteiger partial charge in [-0.3, -0.25) is 0 Å². The number of urea groups is 1. The summed E-state index contributed by atoms with van der Waals surface area (Å²) in [5.41, 5.74) is 0. The Kier molecular flexibility index (Phi) is 4.71. The monoisotopic (exact) mass is 286 g/mol. The van der Waals surface area contributed by atoms with Gasteiger partial charge in [0.25, 0.3) is 0 Å². The van der Waals surface area contributed by atoms with Crippen molar-refractivity contribution in [1.29, 1.82) is 0 Å². The second-order valence-corrected chi connectivity index (χ2v) is 4.74. The van der Waals surface area contributed by atoms with E-state index in [0.29, 0.717) is 4.90 Å². The molecule has 0 saturated carbocycles.